The van der Waals surface area contributed by atoms with Crippen LogP contribution in [-0.4, -0.2) is 18.3 Å². The maximum absolute atomic E-state index is 9.43. The van der Waals surface area contributed by atoms with Crippen molar-refractivity contribution in [3.63, 3.8) is 0 Å². The fourth-order valence-corrected chi connectivity index (χ4v) is 2.83. The summed E-state index contributed by atoms with van der Waals surface area (Å²) in [5, 5.41) is 9.43. The van der Waals surface area contributed by atoms with Crippen molar-refractivity contribution in [3.8, 4) is 6.07 Å². The molecule has 0 atom stereocenters. The number of thioether (sulfide) groups is 1. The molecule has 0 spiro atoms. The molecule has 18 heavy (non-hydrogen) atoms. The summed E-state index contributed by atoms with van der Waals surface area (Å²) in [5.41, 5.74) is 1.90. The second kappa shape index (κ2) is 7.33. The number of hydrogen-bond donors (Lipinski definition) is 0. The summed E-state index contributed by atoms with van der Waals surface area (Å²) in [4.78, 5) is 3.41. The molecule has 3 heteroatoms. The van der Waals surface area contributed by atoms with E-state index in [0.717, 1.165) is 34.9 Å². The number of anilines is 1. The lowest BCUT2D eigenvalue weighted by molar-refractivity contribution is 0.669. The van der Waals surface area contributed by atoms with E-state index in [1.54, 1.807) is 11.8 Å². The molecule has 0 heterocycles. The smallest absolute Gasteiger partial charge is 0.103 e. The Kier molecular flexibility index (Phi) is 6.07. The minimum absolute atomic E-state index is 0.416. The van der Waals surface area contributed by atoms with Gasteiger partial charge in [0.1, 0.15) is 6.07 Å². The average Bonchev–Trinajstić information content (AvgIpc) is 2.35. The highest BCUT2D eigenvalue weighted by atomic mass is 32.2. The van der Waals surface area contributed by atoms with Gasteiger partial charge >= 0.3 is 0 Å². The summed E-state index contributed by atoms with van der Waals surface area (Å²) in [6.45, 7) is 9.64. The molecule has 0 radical (unpaired) electrons. The van der Waals surface area contributed by atoms with Gasteiger partial charge in [-0.05, 0) is 38.2 Å². The van der Waals surface area contributed by atoms with Crippen molar-refractivity contribution in [2.24, 2.45) is 0 Å². The van der Waals surface area contributed by atoms with Crippen LogP contribution in [0.15, 0.2) is 23.1 Å². The third-order valence-electron chi connectivity index (χ3n) is 2.81. The molecule has 1 aromatic carbocycles. The molecule has 0 fully saturated rings. The molecule has 0 aromatic heterocycles. The van der Waals surface area contributed by atoms with Crippen LogP contribution in [0.3, 0.4) is 0 Å². The third-order valence-corrected chi connectivity index (χ3v) is 3.75. The first-order valence-electron chi connectivity index (χ1n) is 6.58. The molecule has 0 aliphatic rings. The first kappa shape index (κ1) is 14.9. The highest BCUT2D eigenvalue weighted by molar-refractivity contribution is 7.99. The van der Waals surface area contributed by atoms with E-state index in [4.69, 9.17) is 0 Å². The topological polar surface area (TPSA) is 27.0 Å². The lowest BCUT2D eigenvalue weighted by Crippen LogP contribution is -2.32. The van der Waals surface area contributed by atoms with Crippen LogP contribution in [0.25, 0.3) is 0 Å². The van der Waals surface area contributed by atoms with Crippen LogP contribution in [0.4, 0.5) is 5.69 Å². The lowest BCUT2D eigenvalue weighted by Gasteiger charge is -2.30. The molecule has 1 aromatic rings. The monoisotopic (exact) mass is 262 g/mol. The highest BCUT2D eigenvalue weighted by Crippen LogP contribution is 2.31. The Bertz CT molecular complexity index is 421. The first-order chi connectivity index (χ1) is 8.65. The van der Waals surface area contributed by atoms with Crippen molar-refractivity contribution in [3.05, 3.63) is 23.8 Å². The van der Waals surface area contributed by atoms with E-state index in [2.05, 4.69) is 50.8 Å². The fraction of sp³-hybridized carbons (Fsp3) is 0.533. The maximum Gasteiger partial charge on any atom is 0.103 e. The van der Waals surface area contributed by atoms with Gasteiger partial charge in [0.2, 0.25) is 0 Å². The Morgan fingerprint density at radius 3 is 2.56 bits per heavy atom. The minimum Gasteiger partial charge on any atom is -0.368 e. The molecule has 0 aliphatic heterocycles. The van der Waals surface area contributed by atoms with E-state index >= 15 is 0 Å². The van der Waals surface area contributed by atoms with Crippen molar-refractivity contribution >= 4 is 17.4 Å². The van der Waals surface area contributed by atoms with E-state index in [1.165, 1.54) is 0 Å². The Morgan fingerprint density at radius 1 is 1.33 bits per heavy atom. The van der Waals surface area contributed by atoms with Crippen molar-refractivity contribution in [2.45, 2.75) is 45.1 Å². The number of nitrogens with zero attached hydrogens (tertiary/aromatic N) is 2. The molecule has 0 aliphatic carbocycles. The Hall–Kier alpha value is -1.14. The molecule has 2 nitrogen and oxygen atoms in total. The molecule has 0 saturated heterocycles. The van der Waals surface area contributed by atoms with Crippen LogP contribution >= 0.6 is 11.8 Å². The SMILES string of the molecule is CCCN(c1cccc(SCC)c1C#N)C(C)C. The van der Waals surface area contributed by atoms with Gasteiger partial charge in [0.15, 0.2) is 0 Å². The van der Waals surface area contributed by atoms with E-state index in [9.17, 15) is 5.26 Å². The summed E-state index contributed by atoms with van der Waals surface area (Å²) in [7, 11) is 0. The predicted molar refractivity (Wildman–Crippen MR) is 80.3 cm³/mol. The zero-order valence-electron chi connectivity index (χ0n) is 11.7. The Morgan fingerprint density at radius 2 is 2.06 bits per heavy atom. The quantitative estimate of drug-likeness (QED) is 0.715. The highest BCUT2D eigenvalue weighted by Gasteiger charge is 2.16. The van der Waals surface area contributed by atoms with Gasteiger partial charge in [0.25, 0.3) is 0 Å². The Balaban J connectivity index is 3.21. The molecular weight excluding hydrogens is 240 g/mol. The van der Waals surface area contributed by atoms with Gasteiger partial charge in [-0.25, -0.2) is 0 Å². The van der Waals surface area contributed by atoms with Crippen LogP contribution < -0.4 is 4.90 Å². The van der Waals surface area contributed by atoms with Crippen molar-refractivity contribution in [2.75, 3.05) is 17.2 Å². The van der Waals surface area contributed by atoms with Crippen molar-refractivity contribution in [1.29, 1.82) is 5.26 Å². The van der Waals surface area contributed by atoms with E-state index < -0.39 is 0 Å². The van der Waals surface area contributed by atoms with Gasteiger partial charge in [-0.3, -0.25) is 0 Å². The molecule has 0 N–H and O–H groups in total. The van der Waals surface area contributed by atoms with Crippen LogP contribution in [0.2, 0.25) is 0 Å². The summed E-state index contributed by atoms with van der Waals surface area (Å²) in [6, 6.07) is 8.96. The van der Waals surface area contributed by atoms with Crippen LogP contribution in [0.5, 0.6) is 0 Å². The van der Waals surface area contributed by atoms with Crippen molar-refractivity contribution in [1.82, 2.24) is 0 Å². The molecule has 0 amide bonds. The summed E-state index contributed by atoms with van der Waals surface area (Å²) < 4.78 is 0. The summed E-state index contributed by atoms with van der Waals surface area (Å²) in [6.07, 6.45) is 1.09. The molecular formula is C15H22N2S. The van der Waals surface area contributed by atoms with E-state index in [1.807, 2.05) is 6.07 Å². The maximum atomic E-state index is 9.43. The molecule has 0 unspecified atom stereocenters. The minimum atomic E-state index is 0.416. The fourth-order valence-electron chi connectivity index (χ4n) is 2.04. The lowest BCUT2D eigenvalue weighted by atomic mass is 10.1. The summed E-state index contributed by atoms with van der Waals surface area (Å²) >= 11 is 1.74. The van der Waals surface area contributed by atoms with Gasteiger partial charge in [-0.15, -0.1) is 11.8 Å². The largest absolute Gasteiger partial charge is 0.368 e. The molecule has 0 saturated carbocycles. The molecule has 98 valence electrons. The van der Waals surface area contributed by atoms with E-state index in [0.29, 0.717) is 6.04 Å². The normalized spacial score (nSPS) is 10.4. The number of benzene rings is 1. The second-order valence-electron chi connectivity index (χ2n) is 4.48. The van der Waals surface area contributed by atoms with E-state index in [-0.39, 0.29) is 0 Å². The number of rotatable bonds is 6. The number of hydrogen-bond acceptors (Lipinski definition) is 3. The van der Waals surface area contributed by atoms with Gasteiger partial charge in [-0.2, -0.15) is 5.26 Å². The van der Waals surface area contributed by atoms with Gasteiger partial charge in [0, 0.05) is 17.5 Å². The number of nitriles is 1. The Labute approximate surface area is 115 Å². The second-order valence-corrected chi connectivity index (χ2v) is 5.79. The zero-order chi connectivity index (χ0) is 13.5. The predicted octanol–water partition coefficient (Wildman–Crippen LogP) is 4.30. The van der Waals surface area contributed by atoms with Gasteiger partial charge in [0.05, 0.1) is 11.3 Å². The van der Waals surface area contributed by atoms with Crippen LogP contribution in [0, 0.1) is 11.3 Å². The van der Waals surface area contributed by atoms with Crippen molar-refractivity contribution < 1.29 is 0 Å². The summed E-state index contributed by atoms with van der Waals surface area (Å²) in [5.74, 6) is 0.994. The molecule has 0 bridgehead atoms. The van der Waals surface area contributed by atoms with Gasteiger partial charge < -0.3 is 4.90 Å². The zero-order valence-corrected chi connectivity index (χ0v) is 12.5. The van der Waals surface area contributed by atoms with Crippen LogP contribution in [-0.2, 0) is 0 Å². The standard InChI is InChI=1S/C15H22N2S/c1-5-10-17(12(3)4)14-8-7-9-15(18-6-2)13(14)11-16/h7-9,12H,5-6,10H2,1-4H3. The first-order valence-corrected chi connectivity index (χ1v) is 7.56. The van der Waals surface area contributed by atoms with Gasteiger partial charge in [-0.1, -0.05) is 19.9 Å². The molecule has 1 rings (SSSR count). The third kappa shape index (κ3) is 3.43. The van der Waals surface area contributed by atoms with Crippen LogP contribution in [0.1, 0.15) is 39.7 Å². The average molecular weight is 262 g/mol.